The van der Waals surface area contributed by atoms with Gasteiger partial charge in [-0.3, -0.25) is 0 Å². The Morgan fingerprint density at radius 2 is 1.88 bits per heavy atom. The van der Waals surface area contributed by atoms with E-state index >= 15 is 0 Å². The molecule has 0 bridgehead atoms. The molecule has 25 heavy (non-hydrogen) atoms. The fourth-order valence-electron chi connectivity index (χ4n) is 2.56. The molecule has 1 aliphatic rings. The summed E-state index contributed by atoms with van der Waals surface area (Å²) in [6, 6.07) is 10.5. The van der Waals surface area contributed by atoms with Gasteiger partial charge in [0.15, 0.2) is 0 Å². The molecule has 0 unspecified atom stereocenters. The molecule has 1 heterocycles. The van der Waals surface area contributed by atoms with Crippen molar-refractivity contribution in [2.24, 2.45) is 10.2 Å². The lowest BCUT2D eigenvalue weighted by molar-refractivity contribution is 0.224. The van der Waals surface area contributed by atoms with Gasteiger partial charge >= 0.3 is 0 Å². The van der Waals surface area contributed by atoms with Gasteiger partial charge < -0.3 is 4.90 Å². The Hall–Kier alpha value is -2.70. The molecular formula is C18H15F4N3. The summed E-state index contributed by atoms with van der Waals surface area (Å²) < 4.78 is 52.8. The normalized spacial score (nSPS) is 13.8. The van der Waals surface area contributed by atoms with Crippen LogP contribution >= 0.6 is 0 Å². The first-order valence-electron chi connectivity index (χ1n) is 7.61. The van der Waals surface area contributed by atoms with Crippen LogP contribution in [0.2, 0.25) is 0 Å². The van der Waals surface area contributed by atoms with Crippen molar-refractivity contribution in [3.63, 3.8) is 0 Å². The lowest BCUT2D eigenvalue weighted by Gasteiger charge is -2.20. The molecule has 0 aliphatic carbocycles. The molecule has 2 aromatic rings. The molecule has 0 spiro atoms. The highest BCUT2D eigenvalue weighted by molar-refractivity contribution is 6.15. The number of halogens is 4. The van der Waals surface area contributed by atoms with Gasteiger partial charge in [0.25, 0.3) is 6.43 Å². The number of alkyl halides is 2. The van der Waals surface area contributed by atoms with Gasteiger partial charge in [0.1, 0.15) is 17.3 Å². The van der Waals surface area contributed by atoms with Crippen LogP contribution in [0.15, 0.2) is 52.7 Å². The van der Waals surface area contributed by atoms with Crippen LogP contribution in [0.4, 0.5) is 23.2 Å². The summed E-state index contributed by atoms with van der Waals surface area (Å²) in [5, 5.41) is 7.13. The Kier molecular flexibility index (Phi) is 4.83. The zero-order valence-corrected chi connectivity index (χ0v) is 13.4. The number of rotatable bonds is 5. The van der Waals surface area contributed by atoms with Gasteiger partial charge in [0, 0.05) is 36.8 Å². The maximum absolute atomic E-state index is 14.4. The molecule has 1 aliphatic heterocycles. The Balaban J connectivity index is 1.73. The van der Waals surface area contributed by atoms with Crippen LogP contribution in [-0.4, -0.2) is 24.9 Å². The zero-order chi connectivity index (χ0) is 18.0. The molecule has 0 aromatic heterocycles. The minimum absolute atomic E-state index is 0.0837. The van der Waals surface area contributed by atoms with E-state index in [0.717, 1.165) is 0 Å². The molecule has 0 saturated carbocycles. The van der Waals surface area contributed by atoms with E-state index in [1.807, 2.05) is 0 Å². The Labute approximate surface area is 142 Å². The van der Waals surface area contributed by atoms with E-state index in [0.29, 0.717) is 22.5 Å². The average Bonchev–Trinajstić information content (AvgIpc) is 3.07. The second-order valence-electron chi connectivity index (χ2n) is 5.76. The van der Waals surface area contributed by atoms with Crippen molar-refractivity contribution in [2.75, 3.05) is 11.9 Å². The fourth-order valence-corrected chi connectivity index (χ4v) is 2.56. The highest BCUT2D eigenvalue weighted by atomic mass is 19.3. The van der Waals surface area contributed by atoms with Crippen molar-refractivity contribution in [1.29, 1.82) is 0 Å². The van der Waals surface area contributed by atoms with Crippen molar-refractivity contribution in [3.05, 3.63) is 65.2 Å². The summed E-state index contributed by atoms with van der Waals surface area (Å²) in [6.07, 6.45) is -2.75. The molecule has 3 rings (SSSR count). The van der Waals surface area contributed by atoms with Crippen LogP contribution in [0, 0.1) is 11.6 Å². The highest BCUT2D eigenvalue weighted by Gasteiger charge is 2.22. The van der Waals surface area contributed by atoms with E-state index in [1.165, 1.54) is 18.2 Å². The number of anilines is 1. The van der Waals surface area contributed by atoms with Crippen molar-refractivity contribution < 1.29 is 17.6 Å². The topological polar surface area (TPSA) is 28.0 Å². The van der Waals surface area contributed by atoms with Gasteiger partial charge in [-0.2, -0.15) is 10.2 Å². The number of benzene rings is 2. The number of hydrogen-bond acceptors (Lipinski definition) is 3. The van der Waals surface area contributed by atoms with E-state index in [4.69, 9.17) is 0 Å². The zero-order valence-electron chi connectivity index (χ0n) is 13.4. The van der Waals surface area contributed by atoms with Crippen LogP contribution in [0.5, 0.6) is 0 Å². The smallest absolute Gasteiger partial charge is 0.278 e. The van der Waals surface area contributed by atoms with Gasteiger partial charge in [-0.25, -0.2) is 17.6 Å². The van der Waals surface area contributed by atoms with Gasteiger partial charge in [0.05, 0.1) is 5.71 Å². The fraction of sp³-hybridized carbons (Fsp3) is 0.222. The summed E-state index contributed by atoms with van der Waals surface area (Å²) in [5.41, 5.74) is 1.46. The summed E-state index contributed by atoms with van der Waals surface area (Å²) in [6.45, 7) is 0.237. The number of nitrogens with zero attached hydrogens (tertiary/aromatic N) is 3. The van der Waals surface area contributed by atoms with E-state index in [1.54, 1.807) is 36.2 Å². The molecule has 0 amide bonds. The maximum atomic E-state index is 14.4. The molecule has 0 fully saturated rings. The first kappa shape index (κ1) is 17.1. The van der Waals surface area contributed by atoms with Crippen LogP contribution in [0.3, 0.4) is 0 Å². The maximum Gasteiger partial charge on any atom is 0.278 e. The Morgan fingerprint density at radius 1 is 1.08 bits per heavy atom. The summed E-state index contributed by atoms with van der Waals surface area (Å²) in [5.74, 6) is -0.844. The number of hydrogen-bond donors (Lipinski definition) is 0. The van der Waals surface area contributed by atoms with E-state index < -0.39 is 12.2 Å². The molecular weight excluding hydrogens is 334 g/mol. The first-order valence-corrected chi connectivity index (χ1v) is 7.61. The third-order valence-corrected chi connectivity index (χ3v) is 3.94. The second kappa shape index (κ2) is 7.04. The van der Waals surface area contributed by atoms with Crippen LogP contribution in [0.1, 0.15) is 17.5 Å². The van der Waals surface area contributed by atoms with Crippen LogP contribution in [-0.2, 0) is 6.54 Å². The molecule has 0 radical (unpaired) electrons. The third-order valence-electron chi connectivity index (χ3n) is 3.94. The van der Waals surface area contributed by atoms with E-state index in [-0.39, 0.29) is 24.5 Å². The van der Waals surface area contributed by atoms with E-state index in [2.05, 4.69) is 10.2 Å². The molecule has 0 atom stereocenters. The average molecular weight is 349 g/mol. The van der Waals surface area contributed by atoms with Crippen LogP contribution in [0.25, 0.3) is 0 Å². The minimum Gasteiger partial charge on any atom is -0.370 e. The van der Waals surface area contributed by atoms with Crippen LogP contribution < -0.4 is 4.90 Å². The molecule has 0 saturated heterocycles. The molecule has 130 valence electrons. The largest absolute Gasteiger partial charge is 0.370 e. The van der Waals surface area contributed by atoms with Crippen molar-refractivity contribution in [1.82, 2.24) is 0 Å². The lowest BCUT2D eigenvalue weighted by atomic mass is 10.0. The summed E-state index contributed by atoms with van der Waals surface area (Å²) >= 11 is 0. The first-order chi connectivity index (χ1) is 11.9. The quantitative estimate of drug-likeness (QED) is 0.735. The standard InChI is InChI=1S/C18H15F4N3/c1-25(14-4-2-3-13(19)8-14)10-12-6-5-11(7-15(12)20)16-9-17(18(21)22)24-23-16/h2-8,18H,9-10H2,1H3. The van der Waals surface area contributed by atoms with Gasteiger partial charge in [0.2, 0.25) is 0 Å². The predicted molar refractivity (Wildman–Crippen MR) is 89.5 cm³/mol. The highest BCUT2D eigenvalue weighted by Crippen LogP contribution is 2.21. The SMILES string of the molecule is CN(Cc1ccc(C2=NN=C(C(F)F)C2)cc1F)c1cccc(F)c1. The summed E-state index contributed by atoms with van der Waals surface area (Å²) in [4.78, 5) is 1.71. The monoisotopic (exact) mass is 349 g/mol. The second-order valence-corrected chi connectivity index (χ2v) is 5.76. The van der Waals surface area contributed by atoms with Gasteiger partial charge in [-0.15, -0.1) is 0 Å². The van der Waals surface area contributed by atoms with Crippen molar-refractivity contribution >= 4 is 17.1 Å². The van der Waals surface area contributed by atoms with Crippen molar-refractivity contribution in [3.8, 4) is 0 Å². The van der Waals surface area contributed by atoms with Gasteiger partial charge in [-0.05, 0) is 24.3 Å². The minimum atomic E-state index is -2.66. The van der Waals surface area contributed by atoms with Gasteiger partial charge in [-0.1, -0.05) is 18.2 Å². The summed E-state index contributed by atoms with van der Waals surface area (Å²) in [7, 11) is 1.73. The molecule has 2 aromatic carbocycles. The predicted octanol–water partition coefficient (Wildman–Crippen LogP) is 4.42. The molecule has 7 heteroatoms. The molecule has 3 nitrogen and oxygen atoms in total. The third kappa shape index (κ3) is 3.87. The lowest BCUT2D eigenvalue weighted by Crippen LogP contribution is -2.18. The Bertz CT molecular complexity index is 846. The Morgan fingerprint density at radius 3 is 2.52 bits per heavy atom. The van der Waals surface area contributed by atoms with Crippen molar-refractivity contribution in [2.45, 2.75) is 19.4 Å². The van der Waals surface area contributed by atoms with E-state index in [9.17, 15) is 17.6 Å². The molecule has 0 N–H and O–H groups in total.